The van der Waals surface area contributed by atoms with Gasteiger partial charge in [-0.2, -0.15) is 0 Å². The molecule has 4 saturated carbocycles. The first kappa shape index (κ1) is 27.6. The summed E-state index contributed by atoms with van der Waals surface area (Å²) in [5, 5.41) is 54.5. The first-order chi connectivity index (χ1) is 17.0. The Morgan fingerprint density at radius 2 is 1.57 bits per heavy atom. The molecule has 5 rings (SSSR count). The molecule has 11 atom stereocenters. The highest BCUT2D eigenvalue weighted by molar-refractivity contribution is 5.68. The Morgan fingerprint density at radius 1 is 0.919 bits per heavy atom. The summed E-state index contributed by atoms with van der Waals surface area (Å²) < 4.78 is 0. The van der Waals surface area contributed by atoms with Crippen LogP contribution in [0.4, 0.5) is 0 Å². The van der Waals surface area contributed by atoms with Crippen LogP contribution in [0, 0.1) is 50.2 Å². The molecule has 6 nitrogen and oxygen atoms in total. The van der Waals surface area contributed by atoms with Crippen molar-refractivity contribution in [2.75, 3.05) is 6.61 Å². The summed E-state index contributed by atoms with van der Waals surface area (Å²) >= 11 is 0. The molecule has 0 radical (unpaired) electrons. The zero-order valence-corrected chi connectivity index (χ0v) is 23.8. The summed E-state index contributed by atoms with van der Waals surface area (Å²) in [6.07, 6.45) is 6.16. The third-order valence-corrected chi connectivity index (χ3v) is 13.3. The summed E-state index contributed by atoms with van der Waals surface area (Å²) in [5.41, 5.74) is -0.380. The Labute approximate surface area is 222 Å². The molecule has 0 bridgehead atoms. The number of aliphatic hydroxyl groups is 4. The molecule has 0 amide bonds. The molecule has 0 saturated heterocycles. The lowest BCUT2D eigenvalue weighted by molar-refractivity contribution is -0.268. The van der Waals surface area contributed by atoms with E-state index in [4.69, 9.17) is 0 Å². The fourth-order valence-electron chi connectivity index (χ4n) is 11.3. The molecular formula is C31H50O6. The van der Waals surface area contributed by atoms with E-state index in [1.165, 1.54) is 5.57 Å². The van der Waals surface area contributed by atoms with Gasteiger partial charge in [-0.25, -0.2) is 0 Å². The molecule has 0 aromatic rings. The molecule has 0 aliphatic heterocycles. The van der Waals surface area contributed by atoms with Crippen molar-refractivity contribution in [3.8, 4) is 0 Å². The van der Waals surface area contributed by atoms with Gasteiger partial charge in [0.1, 0.15) is 0 Å². The fraction of sp³-hybridized carbons (Fsp3) is 0.903. The van der Waals surface area contributed by atoms with Gasteiger partial charge in [-0.15, -0.1) is 0 Å². The van der Waals surface area contributed by atoms with Crippen LogP contribution in [0.25, 0.3) is 0 Å². The Hall–Kier alpha value is -0.950. The SMILES string of the molecule is CC1(C)CC[C@]2(CO)CC[C@]3(C)C(=CC[C@@H]4[C@@]5(C)C[C@H](O)[C@H](O)[C@](C)(CC(=O)O)[C@@H]5[C@H](O)C[C@]43C)[C@@H]2C1. The molecule has 0 spiro atoms. The number of allylic oxidation sites excluding steroid dienone is 2. The third-order valence-electron chi connectivity index (χ3n) is 13.3. The van der Waals surface area contributed by atoms with E-state index in [0.29, 0.717) is 18.8 Å². The van der Waals surface area contributed by atoms with Crippen molar-refractivity contribution in [2.45, 2.75) is 118 Å². The van der Waals surface area contributed by atoms with Crippen LogP contribution in [0.15, 0.2) is 11.6 Å². The maximum Gasteiger partial charge on any atom is 0.304 e. The molecule has 4 fully saturated rings. The maximum absolute atomic E-state index is 11.9. The second-order valence-electron chi connectivity index (χ2n) is 15.7. The molecule has 0 aromatic heterocycles. The molecule has 37 heavy (non-hydrogen) atoms. The standard InChI is InChI=1S/C31H50O6/c1-26(2)9-11-31(17-32)12-10-29(5)18(19(31)13-26)7-8-22-27(3)14-21(34)25(37)28(4,16-23(35)36)24(27)20(33)15-30(22,29)6/h7,19-22,24-25,32-34,37H,8-17H2,1-6H3,(H,35,36)/t19-,20+,21-,22+,24+,25-,27+,28+,29+,30+,31+/m0/s1. The van der Waals surface area contributed by atoms with Gasteiger partial charge < -0.3 is 25.5 Å². The smallest absolute Gasteiger partial charge is 0.304 e. The lowest BCUT2D eigenvalue weighted by Crippen LogP contribution is -2.71. The maximum atomic E-state index is 11.9. The Balaban J connectivity index is 1.62. The van der Waals surface area contributed by atoms with Gasteiger partial charge in [0, 0.05) is 17.4 Å². The molecular weight excluding hydrogens is 468 g/mol. The van der Waals surface area contributed by atoms with Gasteiger partial charge in [-0.3, -0.25) is 4.79 Å². The fourth-order valence-corrected chi connectivity index (χ4v) is 11.3. The van der Waals surface area contributed by atoms with E-state index in [1.807, 2.05) is 0 Å². The molecule has 5 N–H and O–H groups in total. The summed E-state index contributed by atoms with van der Waals surface area (Å²) in [6, 6.07) is 0. The summed E-state index contributed by atoms with van der Waals surface area (Å²) in [5.74, 6) is -0.948. The number of carboxylic acids is 1. The van der Waals surface area contributed by atoms with E-state index in [2.05, 4.69) is 40.7 Å². The largest absolute Gasteiger partial charge is 0.481 e. The summed E-state index contributed by atoms with van der Waals surface area (Å²) in [7, 11) is 0. The number of fused-ring (bicyclic) bond motifs is 7. The van der Waals surface area contributed by atoms with Gasteiger partial charge in [0.15, 0.2) is 0 Å². The average Bonchev–Trinajstić information content (AvgIpc) is 2.77. The monoisotopic (exact) mass is 518 g/mol. The van der Waals surface area contributed by atoms with E-state index in [9.17, 15) is 30.3 Å². The number of rotatable bonds is 3. The molecule has 210 valence electrons. The average molecular weight is 519 g/mol. The van der Waals surface area contributed by atoms with Crippen molar-refractivity contribution in [3.05, 3.63) is 11.6 Å². The van der Waals surface area contributed by atoms with Crippen LogP contribution >= 0.6 is 0 Å². The second-order valence-corrected chi connectivity index (χ2v) is 15.7. The lowest BCUT2D eigenvalue weighted by Gasteiger charge is -2.72. The number of hydrogen-bond donors (Lipinski definition) is 5. The van der Waals surface area contributed by atoms with Crippen LogP contribution in [0.3, 0.4) is 0 Å². The van der Waals surface area contributed by atoms with Crippen molar-refractivity contribution in [2.24, 2.45) is 50.2 Å². The van der Waals surface area contributed by atoms with Gasteiger partial charge >= 0.3 is 5.97 Å². The van der Waals surface area contributed by atoms with Crippen LogP contribution < -0.4 is 0 Å². The molecule has 5 aliphatic rings. The summed E-state index contributed by atoms with van der Waals surface area (Å²) in [4.78, 5) is 11.9. The first-order valence-electron chi connectivity index (χ1n) is 14.6. The number of aliphatic carboxylic acids is 1. The number of aliphatic hydroxyl groups excluding tert-OH is 4. The van der Waals surface area contributed by atoms with Gasteiger partial charge in [-0.05, 0) is 90.8 Å². The normalized spacial score (nSPS) is 54.7. The van der Waals surface area contributed by atoms with Crippen LogP contribution in [-0.2, 0) is 4.79 Å². The van der Waals surface area contributed by atoms with Crippen LogP contribution in [0.5, 0.6) is 0 Å². The van der Waals surface area contributed by atoms with Gasteiger partial charge in [0.2, 0.25) is 0 Å². The minimum absolute atomic E-state index is 0.0605. The van der Waals surface area contributed by atoms with Crippen molar-refractivity contribution in [1.29, 1.82) is 0 Å². The molecule has 0 heterocycles. The number of hydrogen-bond acceptors (Lipinski definition) is 5. The molecule has 6 heteroatoms. The third kappa shape index (κ3) is 3.54. The second kappa shape index (κ2) is 8.28. The first-order valence-corrected chi connectivity index (χ1v) is 14.6. The minimum atomic E-state index is -1.18. The zero-order valence-electron chi connectivity index (χ0n) is 23.8. The summed E-state index contributed by atoms with van der Waals surface area (Å²) in [6.45, 7) is 13.5. The highest BCUT2D eigenvalue weighted by atomic mass is 16.4. The van der Waals surface area contributed by atoms with E-state index < -0.39 is 41.0 Å². The number of carboxylic acid groups (broad SMARTS) is 1. The van der Waals surface area contributed by atoms with Crippen LogP contribution in [-0.4, -0.2) is 56.4 Å². The van der Waals surface area contributed by atoms with Crippen LogP contribution in [0.1, 0.15) is 99.3 Å². The highest BCUT2D eigenvalue weighted by Gasteiger charge is 2.72. The Morgan fingerprint density at radius 3 is 2.19 bits per heavy atom. The van der Waals surface area contributed by atoms with E-state index >= 15 is 0 Å². The van der Waals surface area contributed by atoms with Crippen LogP contribution in [0.2, 0.25) is 0 Å². The van der Waals surface area contributed by atoms with Crippen molar-refractivity contribution < 1.29 is 30.3 Å². The van der Waals surface area contributed by atoms with Crippen molar-refractivity contribution in [3.63, 3.8) is 0 Å². The van der Waals surface area contributed by atoms with Gasteiger partial charge in [-0.1, -0.05) is 53.2 Å². The topological polar surface area (TPSA) is 118 Å². The molecule has 0 aromatic carbocycles. The lowest BCUT2D eigenvalue weighted by atomic mass is 9.32. The molecule has 0 unspecified atom stereocenters. The van der Waals surface area contributed by atoms with E-state index in [0.717, 1.165) is 38.5 Å². The van der Waals surface area contributed by atoms with Crippen molar-refractivity contribution in [1.82, 2.24) is 0 Å². The zero-order chi connectivity index (χ0) is 27.4. The highest BCUT2D eigenvalue weighted by Crippen LogP contribution is 2.75. The van der Waals surface area contributed by atoms with Crippen molar-refractivity contribution >= 4 is 5.97 Å². The molecule has 5 aliphatic carbocycles. The van der Waals surface area contributed by atoms with Gasteiger partial charge in [0.25, 0.3) is 0 Å². The van der Waals surface area contributed by atoms with E-state index in [-0.39, 0.29) is 40.6 Å². The number of carbonyl (C=O) groups is 1. The van der Waals surface area contributed by atoms with Gasteiger partial charge in [0.05, 0.1) is 24.7 Å². The Kier molecular flexibility index (Phi) is 6.18. The minimum Gasteiger partial charge on any atom is -0.481 e. The predicted octanol–water partition coefficient (Wildman–Crippen LogP) is 4.54. The quantitative estimate of drug-likeness (QED) is 0.350. The van der Waals surface area contributed by atoms with E-state index in [1.54, 1.807) is 6.92 Å². The predicted molar refractivity (Wildman–Crippen MR) is 141 cm³/mol. The Bertz CT molecular complexity index is 990.